The molecule has 4 aliphatic carbocycles. The number of carbonyl (C=O) groups excluding carboxylic acids is 2. The van der Waals surface area contributed by atoms with Crippen molar-refractivity contribution in [1.29, 1.82) is 0 Å². The van der Waals surface area contributed by atoms with Gasteiger partial charge in [-0.3, -0.25) is 0 Å². The minimum atomic E-state index is -7.68. The van der Waals surface area contributed by atoms with Gasteiger partial charge in [-0.25, -0.2) is 14.0 Å². The molecule has 0 heterocycles. The van der Waals surface area contributed by atoms with Gasteiger partial charge in [0.25, 0.3) is 5.60 Å². The molecule has 5 nitrogen and oxygen atoms in total. The van der Waals surface area contributed by atoms with Crippen molar-refractivity contribution in [2.45, 2.75) is 58.0 Å². The van der Waals surface area contributed by atoms with Gasteiger partial charge in [0.1, 0.15) is 0 Å². The zero-order valence-electron chi connectivity index (χ0n) is 15.6. The Hall–Kier alpha value is -2.53. The lowest BCUT2D eigenvalue weighted by molar-refractivity contribution is -0.629. The molecule has 0 amide bonds. The third kappa shape index (κ3) is 1.67. The minimum Gasteiger partial charge on any atom is -0.436 e. The van der Waals surface area contributed by atoms with Crippen LogP contribution >= 0.6 is 0 Å². The number of carbonyl (C=O) groups is 2. The van der Waals surface area contributed by atoms with E-state index in [9.17, 15) is 58.6 Å². The van der Waals surface area contributed by atoms with E-state index in [0.29, 0.717) is 0 Å². The summed E-state index contributed by atoms with van der Waals surface area (Å²) < 4.78 is 201. The van der Waals surface area contributed by atoms with E-state index in [1.54, 1.807) is 0 Å². The van der Waals surface area contributed by atoms with E-state index in [4.69, 9.17) is 0 Å². The quantitative estimate of drug-likeness (QED) is 0.346. The maximum atomic E-state index is 15.3. The lowest BCUT2D eigenvalue weighted by atomic mass is 9.39. The van der Waals surface area contributed by atoms with Gasteiger partial charge in [-0.1, -0.05) is 13.2 Å². The van der Waals surface area contributed by atoms with Crippen molar-refractivity contribution in [1.82, 2.24) is 0 Å². The Morgan fingerprint density at radius 1 is 0.559 bits per heavy atom. The highest BCUT2D eigenvalue weighted by Crippen LogP contribution is 2.87. The summed E-state index contributed by atoms with van der Waals surface area (Å²) in [5.74, 6) is -51.3. The Kier molecular flexibility index (Phi) is 4.46. The van der Waals surface area contributed by atoms with Crippen LogP contribution in [0.2, 0.25) is 0 Å². The molecule has 0 spiro atoms. The molecule has 192 valence electrons. The third-order valence-corrected chi connectivity index (χ3v) is 6.15. The van der Waals surface area contributed by atoms with Crippen molar-refractivity contribution in [2.75, 3.05) is 0 Å². The molecule has 1 N–H and O–H groups in total. The third-order valence-electron chi connectivity index (χ3n) is 6.15. The second-order valence-corrected chi connectivity index (χ2v) is 7.43. The van der Waals surface area contributed by atoms with Crippen LogP contribution in [-0.4, -0.2) is 75.1 Å². The van der Waals surface area contributed by atoms with Crippen LogP contribution in [0.3, 0.4) is 0 Å². The van der Waals surface area contributed by atoms with Crippen LogP contribution in [0.15, 0.2) is 25.3 Å². The fourth-order valence-electron chi connectivity index (χ4n) is 4.63. The first-order valence-electron chi connectivity index (χ1n) is 8.30. The van der Waals surface area contributed by atoms with Crippen LogP contribution in [-0.2, 0) is 19.1 Å². The molecule has 0 saturated heterocycles. The minimum absolute atomic E-state index is 0.507. The van der Waals surface area contributed by atoms with E-state index in [0.717, 1.165) is 0 Å². The zero-order valence-corrected chi connectivity index (χ0v) is 15.6. The fraction of sp³-hybridized carbons (Fsp3) is 0.625. The summed E-state index contributed by atoms with van der Waals surface area (Å²) in [6, 6.07) is 0. The van der Waals surface area contributed by atoms with Gasteiger partial charge in [-0.15, -0.1) is 0 Å². The molecule has 0 aromatic rings. The Bertz CT molecular complexity index is 909. The number of alkyl halides is 13. The molecule has 2 unspecified atom stereocenters. The molecular formula is C16H7F13O5. The second-order valence-electron chi connectivity index (χ2n) is 7.43. The predicted octanol–water partition coefficient (Wildman–Crippen LogP) is 3.21. The summed E-state index contributed by atoms with van der Waals surface area (Å²) in [7, 11) is 0. The van der Waals surface area contributed by atoms with E-state index in [1.807, 2.05) is 0 Å². The standard InChI is InChI=1S/C16H7F13O5/c1-3-5(30)33-9-12(20,21)7(17)11(18,19)8(32,14(9,24)25)15(26,27)10(13(7,22)23,16(9,28)29)34-6(31)4-2/h3-4,32H,1-2H2. The van der Waals surface area contributed by atoms with Gasteiger partial charge >= 0.3 is 64.3 Å². The smallest absolute Gasteiger partial charge is 0.350 e. The molecule has 4 bridgehead atoms. The summed E-state index contributed by atoms with van der Waals surface area (Å²) >= 11 is 0. The molecule has 0 aromatic heterocycles. The molecule has 34 heavy (non-hydrogen) atoms. The molecule has 18 heteroatoms. The van der Waals surface area contributed by atoms with E-state index in [2.05, 4.69) is 22.6 Å². The Morgan fingerprint density at radius 2 is 0.853 bits per heavy atom. The molecule has 0 radical (unpaired) electrons. The van der Waals surface area contributed by atoms with Crippen LogP contribution < -0.4 is 0 Å². The maximum Gasteiger partial charge on any atom is 0.350 e. The van der Waals surface area contributed by atoms with Crippen molar-refractivity contribution in [2.24, 2.45) is 0 Å². The molecule has 0 aliphatic heterocycles. The van der Waals surface area contributed by atoms with Crippen LogP contribution in [0.25, 0.3) is 0 Å². The van der Waals surface area contributed by atoms with Crippen molar-refractivity contribution >= 4 is 11.9 Å². The second kappa shape index (κ2) is 5.81. The first-order chi connectivity index (χ1) is 14.9. The molecule has 4 aliphatic rings. The average Bonchev–Trinajstić information content (AvgIpc) is 2.69. The zero-order chi connectivity index (χ0) is 27.0. The van der Waals surface area contributed by atoms with E-state index < -0.39 is 82.1 Å². The molecule has 0 aromatic carbocycles. The highest BCUT2D eigenvalue weighted by molar-refractivity contribution is 5.84. The van der Waals surface area contributed by atoms with E-state index >= 15 is 13.2 Å². The van der Waals surface area contributed by atoms with Crippen LogP contribution in [0.5, 0.6) is 0 Å². The largest absolute Gasteiger partial charge is 0.436 e. The highest BCUT2D eigenvalue weighted by Gasteiger charge is 3.23. The number of hydrogen-bond acceptors (Lipinski definition) is 5. The molecule has 2 atom stereocenters. The van der Waals surface area contributed by atoms with Gasteiger partial charge in [0, 0.05) is 12.2 Å². The van der Waals surface area contributed by atoms with Gasteiger partial charge in [0.05, 0.1) is 0 Å². The fourth-order valence-corrected chi connectivity index (χ4v) is 4.63. The lowest BCUT2D eigenvalue weighted by Gasteiger charge is -2.75. The van der Waals surface area contributed by atoms with Crippen molar-refractivity contribution in [3.8, 4) is 0 Å². The Balaban J connectivity index is 2.75. The molecule has 4 rings (SSSR count). The summed E-state index contributed by atoms with van der Waals surface area (Å²) in [4.78, 5) is 22.8. The first kappa shape index (κ1) is 26.1. The SMILES string of the molecule is C=CC(=O)OC12C(F)(F)C3(O)C(F)(F)C(F)(C1(F)F)C(F)(F)C(OC(=O)C=C)(C3(F)F)C2(F)F. The number of esters is 2. The first-order valence-corrected chi connectivity index (χ1v) is 8.30. The van der Waals surface area contributed by atoms with Crippen LogP contribution in [0.4, 0.5) is 57.1 Å². The predicted molar refractivity (Wildman–Crippen MR) is 76.5 cm³/mol. The van der Waals surface area contributed by atoms with E-state index in [1.165, 1.54) is 0 Å². The number of halogens is 13. The normalized spacial score (nSPS) is 43.0. The van der Waals surface area contributed by atoms with E-state index in [-0.39, 0.29) is 0 Å². The van der Waals surface area contributed by atoms with Gasteiger partial charge in [-0.05, 0) is 0 Å². The van der Waals surface area contributed by atoms with Gasteiger partial charge < -0.3 is 14.6 Å². The summed E-state index contributed by atoms with van der Waals surface area (Å²) in [5.41, 5.74) is -28.9. The summed E-state index contributed by atoms with van der Waals surface area (Å²) in [6.45, 7) is 4.79. The Labute approximate surface area is 177 Å². The Morgan fingerprint density at radius 3 is 1.12 bits per heavy atom. The average molecular weight is 526 g/mol. The van der Waals surface area contributed by atoms with Crippen molar-refractivity contribution < 1.29 is 81.2 Å². The van der Waals surface area contributed by atoms with Gasteiger partial charge in [0.15, 0.2) is 0 Å². The monoisotopic (exact) mass is 526 g/mol. The topological polar surface area (TPSA) is 72.8 Å². The maximum absolute atomic E-state index is 15.3. The number of hydrogen-bond donors (Lipinski definition) is 1. The molecular weight excluding hydrogens is 519 g/mol. The summed E-state index contributed by atoms with van der Waals surface area (Å²) in [5, 5.41) is 9.73. The van der Waals surface area contributed by atoms with Gasteiger partial charge in [0.2, 0.25) is 0 Å². The van der Waals surface area contributed by atoms with Crippen molar-refractivity contribution in [3.63, 3.8) is 0 Å². The number of aliphatic hydroxyl groups is 1. The summed E-state index contributed by atoms with van der Waals surface area (Å²) in [6.07, 6.45) is -1.01. The highest BCUT2D eigenvalue weighted by atomic mass is 19.3. The number of rotatable bonds is 4. The van der Waals surface area contributed by atoms with Crippen LogP contribution in [0.1, 0.15) is 0 Å². The van der Waals surface area contributed by atoms with Crippen LogP contribution in [0, 0.1) is 0 Å². The number of ether oxygens (including phenoxy) is 2. The molecule has 4 fully saturated rings. The van der Waals surface area contributed by atoms with Gasteiger partial charge in [-0.2, -0.15) is 52.7 Å². The lowest BCUT2D eigenvalue weighted by Crippen LogP contribution is -3.11. The van der Waals surface area contributed by atoms with Crippen molar-refractivity contribution in [3.05, 3.63) is 25.3 Å². The molecule has 4 saturated carbocycles.